The van der Waals surface area contributed by atoms with E-state index in [0.29, 0.717) is 12.1 Å². The highest BCUT2D eigenvalue weighted by molar-refractivity contribution is 8.03. The standard InChI is InChI=1S/C13H13NOS/c1-8(14)11-7-10-5-3-4-6-12(10)16-13(11)9(2)15/h3-6,15H,1-2,7,14H2. The van der Waals surface area contributed by atoms with Crippen molar-refractivity contribution in [1.82, 2.24) is 0 Å². The van der Waals surface area contributed by atoms with Gasteiger partial charge in [-0.05, 0) is 17.2 Å². The number of aliphatic hydroxyl groups is 1. The van der Waals surface area contributed by atoms with E-state index >= 15 is 0 Å². The second kappa shape index (κ2) is 4.10. The number of nitrogens with two attached hydrogens (primary N) is 1. The Labute approximate surface area is 99.2 Å². The molecule has 0 radical (unpaired) electrons. The average molecular weight is 231 g/mol. The molecule has 0 saturated heterocycles. The molecule has 0 aromatic heterocycles. The third-order valence-corrected chi connectivity index (χ3v) is 3.78. The molecule has 0 unspecified atom stereocenters. The van der Waals surface area contributed by atoms with Gasteiger partial charge < -0.3 is 10.8 Å². The highest BCUT2D eigenvalue weighted by Crippen LogP contribution is 2.41. The highest BCUT2D eigenvalue weighted by atomic mass is 32.2. The van der Waals surface area contributed by atoms with Crippen LogP contribution in [0, 0.1) is 0 Å². The van der Waals surface area contributed by atoms with Gasteiger partial charge in [-0.15, -0.1) is 0 Å². The molecule has 16 heavy (non-hydrogen) atoms. The second-order valence-electron chi connectivity index (χ2n) is 3.67. The van der Waals surface area contributed by atoms with Crippen molar-refractivity contribution in [3.8, 4) is 0 Å². The molecular weight excluding hydrogens is 218 g/mol. The number of aliphatic hydroxyl groups excluding tert-OH is 1. The van der Waals surface area contributed by atoms with E-state index in [2.05, 4.69) is 19.2 Å². The molecule has 0 aliphatic carbocycles. The SMILES string of the molecule is C=C(N)C1=C(C(=C)O)Sc2ccccc2C1. The number of allylic oxidation sites excluding steroid dienone is 1. The first-order chi connectivity index (χ1) is 7.59. The minimum Gasteiger partial charge on any atom is -0.507 e. The molecule has 2 rings (SSSR count). The molecule has 82 valence electrons. The third kappa shape index (κ3) is 1.86. The van der Waals surface area contributed by atoms with Crippen LogP contribution >= 0.6 is 11.8 Å². The monoisotopic (exact) mass is 231 g/mol. The Morgan fingerprint density at radius 1 is 1.31 bits per heavy atom. The smallest absolute Gasteiger partial charge is 0.122 e. The van der Waals surface area contributed by atoms with Gasteiger partial charge in [0, 0.05) is 17.0 Å². The van der Waals surface area contributed by atoms with Gasteiger partial charge in [0.05, 0.1) is 4.91 Å². The molecule has 0 bridgehead atoms. The Balaban J connectivity index is 2.49. The Kier molecular flexibility index (Phi) is 2.79. The van der Waals surface area contributed by atoms with E-state index in [-0.39, 0.29) is 5.76 Å². The van der Waals surface area contributed by atoms with E-state index < -0.39 is 0 Å². The average Bonchev–Trinajstić information content (AvgIpc) is 2.27. The number of benzene rings is 1. The van der Waals surface area contributed by atoms with Crippen LogP contribution in [-0.2, 0) is 6.42 Å². The summed E-state index contributed by atoms with van der Waals surface area (Å²) in [6.45, 7) is 7.30. The highest BCUT2D eigenvalue weighted by Gasteiger charge is 2.20. The summed E-state index contributed by atoms with van der Waals surface area (Å²) in [4.78, 5) is 1.86. The molecule has 0 amide bonds. The van der Waals surface area contributed by atoms with Crippen LogP contribution in [0.5, 0.6) is 0 Å². The number of hydrogen-bond acceptors (Lipinski definition) is 3. The van der Waals surface area contributed by atoms with Crippen LogP contribution in [0.1, 0.15) is 5.56 Å². The topological polar surface area (TPSA) is 46.2 Å². The van der Waals surface area contributed by atoms with Gasteiger partial charge in [-0.25, -0.2) is 0 Å². The quantitative estimate of drug-likeness (QED) is 0.769. The molecule has 0 atom stereocenters. The van der Waals surface area contributed by atoms with Gasteiger partial charge in [-0.1, -0.05) is 43.1 Å². The number of thioether (sulfide) groups is 1. The molecule has 0 saturated carbocycles. The van der Waals surface area contributed by atoms with E-state index in [1.165, 1.54) is 17.3 Å². The molecule has 0 fully saturated rings. The van der Waals surface area contributed by atoms with Crippen molar-refractivity contribution in [2.75, 3.05) is 0 Å². The molecule has 1 aromatic carbocycles. The first kappa shape index (κ1) is 10.9. The summed E-state index contributed by atoms with van der Waals surface area (Å²) in [6, 6.07) is 8.06. The molecule has 3 N–H and O–H groups in total. The van der Waals surface area contributed by atoms with Gasteiger partial charge in [0.1, 0.15) is 5.76 Å². The fourth-order valence-electron chi connectivity index (χ4n) is 1.68. The van der Waals surface area contributed by atoms with Gasteiger partial charge in [0.15, 0.2) is 0 Å². The molecule has 1 aliphatic heterocycles. The van der Waals surface area contributed by atoms with Crippen LogP contribution in [0.15, 0.2) is 64.3 Å². The molecule has 1 aliphatic rings. The Morgan fingerprint density at radius 2 is 2.00 bits per heavy atom. The predicted molar refractivity (Wildman–Crippen MR) is 68.1 cm³/mol. The van der Waals surface area contributed by atoms with Gasteiger partial charge in [-0.2, -0.15) is 0 Å². The lowest BCUT2D eigenvalue weighted by Gasteiger charge is -2.21. The van der Waals surface area contributed by atoms with Crippen molar-refractivity contribution in [2.45, 2.75) is 11.3 Å². The normalized spacial score (nSPS) is 14.5. The summed E-state index contributed by atoms with van der Waals surface area (Å²) in [6.07, 6.45) is 0.702. The minimum atomic E-state index is 0.0566. The van der Waals surface area contributed by atoms with Crippen LogP contribution in [-0.4, -0.2) is 5.11 Å². The van der Waals surface area contributed by atoms with E-state index in [1.54, 1.807) is 0 Å². The van der Waals surface area contributed by atoms with Gasteiger partial charge in [0.25, 0.3) is 0 Å². The maximum absolute atomic E-state index is 9.55. The van der Waals surface area contributed by atoms with E-state index in [4.69, 9.17) is 5.73 Å². The van der Waals surface area contributed by atoms with Crippen LogP contribution in [0.4, 0.5) is 0 Å². The first-order valence-corrected chi connectivity index (χ1v) is 5.73. The Morgan fingerprint density at radius 3 is 2.62 bits per heavy atom. The lowest BCUT2D eigenvalue weighted by atomic mass is 10.0. The number of rotatable bonds is 2. The molecule has 3 heteroatoms. The van der Waals surface area contributed by atoms with Gasteiger partial charge in [-0.3, -0.25) is 0 Å². The summed E-state index contributed by atoms with van der Waals surface area (Å²) >= 11 is 1.49. The van der Waals surface area contributed by atoms with Crippen molar-refractivity contribution in [2.24, 2.45) is 5.73 Å². The van der Waals surface area contributed by atoms with Crippen molar-refractivity contribution >= 4 is 11.8 Å². The zero-order valence-electron chi connectivity index (χ0n) is 8.86. The van der Waals surface area contributed by atoms with Crippen LogP contribution in [0.3, 0.4) is 0 Å². The Hall–Kier alpha value is -1.61. The van der Waals surface area contributed by atoms with Gasteiger partial charge in [0.2, 0.25) is 0 Å². The maximum atomic E-state index is 9.55. The summed E-state index contributed by atoms with van der Waals surface area (Å²) in [5.41, 5.74) is 8.31. The van der Waals surface area contributed by atoms with Crippen molar-refractivity contribution in [1.29, 1.82) is 0 Å². The summed E-state index contributed by atoms with van der Waals surface area (Å²) in [5, 5.41) is 9.55. The maximum Gasteiger partial charge on any atom is 0.122 e. The zero-order chi connectivity index (χ0) is 11.7. The predicted octanol–water partition coefficient (Wildman–Crippen LogP) is 3.13. The largest absolute Gasteiger partial charge is 0.507 e. The van der Waals surface area contributed by atoms with E-state index in [0.717, 1.165) is 15.4 Å². The zero-order valence-corrected chi connectivity index (χ0v) is 9.68. The molecule has 1 heterocycles. The number of fused-ring (bicyclic) bond motifs is 1. The molecule has 2 nitrogen and oxygen atoms in total. The fraction of sp³-hybridized carbons (Fsp3) is 0.0769. The molecule has 0 spiro atoms. The van der Waals surface area contributed by atoms with E-state index in [9.17, 15) is 5.11 Å². The fourth-order valence-corrected chi connectivity index (χ4v) is 2.77. The Bertz CT molecular complexity index is 457. The van der Waals surface area contributed by atoms with Crippen LogP contribution in [0.2, 0.25) is 0 Å². The van der Waals surface area contributed by atoms with Gasteiger partial charge >= 0.3 is 0 Å². The van der Waals surface area contributed by atoms with Crippen molar-refractivity contribution in [3.63, 3.8) is 0 Å². The lowest BCUT2D eigenvalue weighted by Crippen LogP contribution is -2.10. The summed E-state index contributed by atoms with van der Waals surface area (Å²) < 4.78 is 0. The summed E-state index contributed by atoms with van der Waals surface area (Å²) in [7, 11) is 0. The third-order valence-electron chi connectivity index (χ3n) is 2.48. The second-order valence-corrected chi connectivity index (χ2v) is 4.72. The number of hydrogen-bond donors (Lipinski definition) is 2. The molecular formula is C13H13NOS. The summed E-state index contributed by atoms with van der Waals surface area (Å²) in [5.74, 6) is 0.0566. The first-order valence-electron chi connectivity index (χ1n) is 4.91. The van der Waals surface area contributed by atoms with Crippen molar-refractivity contribution < 1.29 is 5.11 Å². The lowest BCUT2D eigenvalue weighted by molar-refractivity contribution is 0.431. The van der Waals surface area contributed by atoms with Crippen molar-refractivity contribution in [3.05, 3.63) is 64.9 Å². The van der Waals surface area contributed by atoms with Crippen LogP contribution in [0.25, 0.3) is 0 Å². The van der Waals surface area contributed by atoms with E-state index in [1.807, 2.05) is 18.2 Å². The van der Waals surface area contributed by atoms with Crippen LogP contribution < -0.4 is 5.73 Å². The molecule has 1 aromatic rings. The minimum absolute atomic E-state index is 0.0566.